The average Bonchev–Trinajstić information content (AvgIpc) is 2.64. The molecule has 3 heteroatoms. The van der Waals surface area contributed by atoms with Crippen molar-refractivity contribution in [2.75, 3.05) is 12.9 Å². The maximum absolute atomic E-state index is 10.8. The third-order valence-electron chi connectivity index (χ3n) is 2.41. The molecule has 1 rings (SSSR count). The van der Waals surface area contributed by atoms with Crippen molar-refractivity contribution >= 4 is 17.7 Å². The van der Waals surface area contributed by atoms with Gasteiger partial charge in [-0.15, -0.1) is 0 Å². The number of hydrogen-bond donors (Lipinski definition) is 0. The first kappa shape index (κ1) is 10.9. The highest BCUT2D eigenvalue weighted by molar-refractivity contribution is 8.00. The number of methoxy groups -OCH3 is 1. The van der Waals surface area contributed by atoms with Crippen molar-refractivity contribution in [3.63, 3.8) is 0 Å². The summed E-state index contributed by atoms with van der Waals surface area (Å²) in [6.45, 7) is 0. The maximum atomic E-state index is 10.8. The van der Waals surface area contributed by atoms with Crippen LogP contribution in [0.5, 0.6) is 0 Å². The molecule has 2 nitrogen and oxygen atoms in total. The Morgan fingerprint density at radius 3 is 3.00 bits per heavy atom. The van der Waals surface area contributed by atoms with E-state index in [1.165, 1.54) is 38.5 Å². The summed E-state index contributed by atoms with van der Waals surface area (Å²) in [5.74, 6) is 1.26. The molecule has 1 unspecified atom stereocenters. The van der Waals surface area contributed by atoms with E-state index in [9.17, 15) is 4.79 Å². The van der Waals surface area contributed by atoms with Gasteiger partial charge in [-0.25, -0.2) is 0 Å². The first-order chi connectivity index (χ1) is 6.33. The van der Waals surface area contributed by atoms with Crippen molar-refractivity contribution in [1.82, 2.24) is 0 Å². The van der Waals surface area contributed by atoms with E-state index in [1.54, 1.807) is 0 Å². The summed E-state index contributed by atoms with van der Waals surface area (Å²) < 4.78 is 4.58. The molecule has 0 aromatic heterocycles. The lowest BCUT2D eigenvalue weighted by Gasteiger charge is -2.06. The molecule has 0 aliphatic carbocycles. The van der Waals surface area contributed by atoms with Crippen LogP contribution in [0.3, 0.4) is 0 Å². The molecule has 1 atom stereocenters. The van der Waals surface area contributed by atoms with Gasteiger partial charge in [0.25, 0.3) is 0 Å². The summed E-state index contributed by atoms with van der Waals surface area (Å²) in [6, 6.07) is 0. The molecule has 0 aromatic rings. The van der Waals surface area contributed by atoms with Gasteiger partial charge in [-0.05, 0) is 31.4 Å². The molecule has 13 heavy (non-hydrogen) atoms. The van der Waals surface area contributed by atoms with Gasteiger partial charge in [0, 0.05) is 11.7 Å². The Hall–Kier alpha value is -0.180. The first-order valence-corrected chi connectivity index (χ1v) is 6.06. The lowest BCUT2D eigenvalue weighted by atomic mass is 10.1. The Kier molecular flexibility index (Phi) is 5.28. The second kappa shape index (κ2) is 6.30. The Morgan fingerprint density at radius 2 is 2.38 bits per heavy atom. The molecule has 0 aromatic carbocycles. The molecule has 0 spiro atoms. The van der Waals surface area contributed by atoms with Crippen molar-refractivity contribution in [2.45, 2.75) is 43.8 Å². The quantitative estimate of drug-likeness (QED) is 0.506. The summed E-state index contributed by atoms with van der Waals surface area (Å²) in [6.07, 6.45) is 6.79. The van der Waals surface area contributed by atoms with E-state index in [2.05, 4.69) is 16.5 Å². The topological polar surface area (TPSA) is 26.3 Å². The smallest absolute Gasteiger partial charge is 0.305 e. The SMILES string of the molecule is COC(=O)CCCCC1CCCS1. The number of thioether (sulfide) groups is 1. The standard InChI is InChI=1S/C10H18O2S/c1-12-10(11)7-3-2-5-9-6-4-8-13-9/h9H,2-8H2,1H3. The molecule has 1 heterocycles. The monoisotopic (exact) mass is 202 g/mol. The van der Waals surface area contributed by atoms with Crippen LogP contribution in [0.15, 0.2) is 0 Å². The average molecular weight is 202 g/mol. The predicted molar refractivity (Wildman–Crippen MR) is 56.0 cm³/mol. The lowest BCUT2D eigenvalue weighted by molar-refractivity contribution is -0.140. The van der Waals surface area contributed by atoms with Crippen LogP contribution in [0.2, 0.25) is 0 Å². The van der Waals surface area contributed by atoms with Crippen molar-refractivity contribution in [2.24, 2.45) is 0 Å². The number of ether oxygens (including phenoxy) is 1. The van der Waals surface area contributed by atoms with E-state index < -0.39 is 0 Å². The molecule has 1 fully saturated rings. The minimum absolute atomic E-state index is 0.0703. The van der Waals surface area contributed by atoms with E-state index >= 15 is 0 Å². The van der Waals surface area contributed by atoms with Gasteiger partial charge in [-0.2, -0.15) is 11.8 Å². The van der Waals surface area contributed by atoms with Crippen LogP contribution in [0, 0.1) is 0 Å². The minimum atomic E-state index is -0.0703. The van der Waals surface area contributed by atoms with Crippen molar-refractivity contribution in [1.29, 1.82) is 0 Å². The molecule has 76 valence electrons. The molecule has 1 aliphatic rings. The first-order valence-electron chi connectivity index (χ1n) is 5.01. The largest absolute Gasteiger partial charge is 0.469 e. The highest BCUT2D eigenvalue weighted by Gasteiger charge is 2.14. The van der Waals surface area contributed by atoms with Crippen LogP contribution in [-0.2, 0) is 9.53 Å². The van der Waals surface area contributed by atoms with Crippen LogP contribution in [-0.4, -0.2) is 24.1 Å². The van der Waals surface area contributed by atoms with Gasteiger partial charge in [0.2, 0.25) is 0 Å². The number of carbonyl (C=O) groups is 1. The van der Waals surface area contributed by atoms with Gasteiger partial charge >= 0.3 is 5.97 Å². The summed E-state index contributed by atoms with van der Waals surface area (Å²) in [4.78, 5) is 10.8. The van der Waals surface area contributed by atoms with E-state index in [-0.39, 0.29) is 5.97 Å². The Labute approximate surface area is 84.4 Å². The Balaban J connectivity index is 1.91. The second-order valence-electron chi connectivity index (χ2n) is 3.46. The van der Waals surface area contributed by atoms with E-state index in [0.29, 0.717) is 6.42 Å². The fourth-order valence-electron chi connectivity index (χ4n) is 1.62. The molecule has 0 saturated carbocycles. The van der Waals surface area contributed by atoms with E-state index in [4.69, 9.17) is 0 Å². The van der Waals surface area contributed by atoms with Crippen molar-refractivity contribution in [3.05, 3.63) is 0 Å². The lowest BCUT2D eigenvalue weighted by Crippen LogP contribution is -2.01. The normalized spacial score (nSPS) is 21.8. The van der Waals surface area contributed by atoms with E-state index in [1.807, 2.05) is 0 Å². The summed E-state index contributed by atoms with van der Waals surface area (Å²) >= 11 is 2.09. The van der Waals surface area contributed by atoms with Gasteiger partial charge < -0.3 is 4.74 Å². The highest BCUT2D eigenvalue weighted by Crippen LogP contribution is 2.29. The summed E-state index contributed by atoms with van der Waals surface area (Å²) in [7, 11) is 1.45. The zero-order chi connectivity index (χ0) is 9.52. The summed E-state index contributed by atoms with van der Waals surface area (Å²) in [5.41, 5.74) is 0. The van der Waals surface area contributed by atoms with Crippen molar-refractivity contribution in [3.8, 4) is 0 Å². The maximum Gasteiger partial charge on any atom is 0.305 e. The predicted octanol–water partition coefficient (Wildman–Crippen LogP) is 2.62. The van der Waals surface area contributed by atoms with Crippen LogP contribution >= 0.6 is 11.8 Å². The number of rotatable bonds is 5. The molecule has 0 amide bonds. The van der Waals surface area contributed by atoms with Crippen LogP contribution < -0.4 is 0 Å². The highest BCUT2D eigenvalue weighted by atomic mass is 32.2. The van der Waals surface area contributed by atoms with Crippen LogP contribution in [0.1, 0.15) is 38.5 Å². The number of hydrogen-bond acceptors (Lipinski definition) is 3. The number of esters is 1. The van der Waals surface area contributed by atoms with Gasteiger partial charge in [0.05, 0.1) is 7.11 Å². The fourth-order valence-corrected chi connectivity index (χ4v) is 2.95. The van der Waals surface area contributed by atoms with Crippen LogP contribution in [0.4, 0.5) is 0 Å². The van der Waals surface area contributed by atoms with Gasteiger partial charge in [0.15, 0.2) is 0 Å². The Bertz CT molecular complexity index is 153. The zero-order valence-corrected chi connectivity index (χ0v) is 9.07. The van der Waals surface area contributed by atoms with Gasteiger partial charge in [-0.3, -0.25) is 4.79 Å². The molecule has 1 saturated heterocycles. The number of carbonyl (C=O) groups excluding carboxylic acids is 1. The fraction of sp³-hybridized carbons (Fsp3) is 0.900. The number of unbranched alkanes of at least 4 members (excludes halogenated alkanes) is 1. The Morgan fingerprint density at radius 1 is 1.54 bits per heavy atom. The van der Waals surface area contributed by atoms with Crippen LogP contribution in [0.25, 0.3) is 0 Å². The van der Waals surface area contributed by atoms with Crippen molar-refractivity contribution < 1.29 is 9.53 Å². The minimum Gasteiger partial charge on any atom is -0.469 e. The van der Waals surface area contributed by atoms with E-state index in [0.717, 1.165) is 11.7 Å². The molecule has 0 radical (unpaired) electrons. The zero-order valence-electron chi connectivity index (χ0n) is 8.25. The molecular formula is C10H18O2S. The third-order valence-corrected chi connectivity index (χ3v) is 3.88. The van der Waals surface area contributed by atoms with Gasteiger partial charge in [-0.1, -0.05) is 6.42 Å². The molecule has 0 N–H and O–H groups in total. The molecule has 1 aliphatic heterocycles. The van der Waals surface area contributed by atoms with Gasteiger partial charge in [0.1, 0.15) is 0 Å². The molecule has 0 bridgehead atoms. The summed E-state index contributed by atoms with van der Waals surface area (Å²) in [5, 5.41) is 0.873. The third kappa shape index (κ3) is 4.55. The molecular weight excluding hydrogens is 184 g/mol. The second-order valence-corrected chi connectivity index (χ2v) is 4.87.